The lowest BCUT2D eigenvalue weighted by atomic mass is 10.1. The number of hydrogen-bond acceptors (Lipinski definition) is 3. The predicted octanol–water partition coefficient (Wildman–Crippen LogP) is 3.52. The Morgan fingerprint density at radius 2 is 1.95 bits per heavy atom. The quantitative estimate of drug-likeness (QED) is 0.711. The summed E-state index contributed by atoms with van der Waals surface area (Å²) in [6.45, 7) is 1.81. The highest BCUT2D eigenvalue weighted by Crippen LogP contribution is 2.22. The molecule has 0 saturated heterocycles. The molecular weight excluding hydrogens is 281 g/mol. The molecular formula is C17H14FN3O. The first-order chi connectivity index (χ1) is 10.5. The number of nitrogens with two attached hydrogens (primary N) is 1. The lowest BCUT2D eigenvalue weighted by molar-refractivity contribution is 0.102. The van der Waals surface area contributed by atoms with Crippen LogP contribution in [0, 0.1) is 12.7 Å². The van der Waals surface area contributed by atoms with Crippen LogP contribution in [-0.4, -0.2) is 10.9 Å². The molecule has 0 bridgehead atoms. The SMILES string of the molecule is Cc1cc(C(=O)Nc2cc(N)ccc2F)c2ccccc2n1. The molecule has 4 nitrogen and oxygen atoms in total. The molecule has 5 heteroatoms. The van der Waals surface area contributed by atoms with Gasteiger partial charge in [-0.25, -0.2) is 4.39 Å². The van der Waals surface area contributed by atoms with E-state index < -0.39 is 11.7 Å². The normalized spacial score (nSPS) is 10.6. The summed E-state index contributed by atoms with van der Waals surface area (Å²) < 4.78 is 13.8. The van der Waals surface area contributed by atoms with Crippen LogP contribution in [0.2, 0.25) is 0 Å². The van der Waals surface area contributed by atoms with Crippen LogP contribution in [-0.2, 0) is 0 Å². The van der Waals surface area contributed by atoms with Crippen molar-refractivity contribution in [2.24, 2.45) is 0 Å². The monoisotopic (exact) mass is 295 g/mol. The number of aryl methyl sites for hydroxylation is 1. The van der Waals surface area contributed by atoms with Crippen molar-refractivity contribution in [2.45, 2.75) is 6.92 Å². The maximum absolute atomic E-state index is 13.8. The van der Waals surface area contributed by atoms with E-state index >= 15 is 0 Å². The highest BCUT2D eigenvalue weighted by molar-refractivity contribution is 6.12. The third-order valence-corrected chi connectivity index (χ3v) is 3.33. The lowest BCUT2D eigenvalue weighted by Crippen LogP contribution is -2.14. The second-order valence-electron chi connectivity index (χ2n) is 5.02. The second kappa shape index (κ2) is 5.44. The number of halogens is 1. The number of fused-ring (bicyclic) bond motifs is 1. The summed E-state index contributed by atoms with van der Waals surface area (Å²) in [4.78, 5) is 16.9. The summed E-state index contributed by atoms with van der Waals surface area (Å²) in [5, 5.41) is 3.28. The number of para-hydroxylation sites is 1. The van der Waals surface area contributed by atoms with E-state index in [9.17, 15) is 9.18 Å². The first-order valence-corrected chi connectivity index (χ1v) is 6.77. The molecule has 3 aromatic rings. The highest BCUT2D eigenvalue weighted by Gasteiger charge is 2.14. The molecule has 0 radical (unpaired) electrons. The topological polar surface area (TPSA) is 68.0 Å². The first kappa shape index (κ1) is 14.0. The summed E-state index contributed by atoms with van der Waals surface area (Å²) in [5.74, 6) is -0.927. The van der Waals surface area contributed by atoms with E-state index in [2.05, 4.69) is 10.3 Å². The average Bonchev–Trinajstić information content (AvgIpc) is 2.50. The van der Waals surface area contributed by atoms with E-state index in [1.54, 1.807) is 6.07 Å². The molecule has 3 N–H and O–H groups in total. The van der Waals surface area contributed by atoms with E-state index in [0.29, 0.717) is 11.3 Å². The smallest absolute Gasteiger partial charge is 0.256 e. The van der Waals surface area contributed by atoms with Crippen LogP contribution < -0.4 is 11.1 Å². The summed E-state index contributed by atoms with van der Waals surface area (Å²) in [6.07, 6.45) is 0. The minimum absolute atomic E-state index is 0.0588. The van der Waals surface area contributed by atoms with E-state index in [4.69, 9.17) is 5.73 Å². The van der Waals surface area contributed by atoms with E-state index in [1.165, 1.54) is 18.2 Å². The minimum atomic E-state index is -0.530. The summed E-state index contributed by atoms with van der Waals surface area (Å²) in [6, 6.07) is 13.1. The Kier molecular flexibility index (Phi) is 3.47. The Morgan fingerprint density at radius 3 is 2.77 bits per heavy atom. The largest absolute Gasteiger partial charge is 0.399 e. The first-order valence-electron chi connectivity index (χ1n) is 6.77. The zero-order valence-corrected chi connectivity index (χ0v) is 11.9. The fourth-order valence-corrected chi connectivity index (χ4v) is 2.32. The number of anilines is 2. The molecule has 110 valence electrons. The van der Waals surface area contributed by atoms with Crippen molar-refractivity contribution in [1.29, 1.82) is 0 Å². The van der Waals surface area contributed by atoms with Gasteiger partial charge in [-0.15, -0.1) is 0 Å². The van der Waals surface area contributed by atoms with Crippen LogP contribution in [0.15, 0.2) is 48.5 Å². The van der Waals surface area contributed by atoms with Gasteiger partial charge in [-0.1, -0.05) is 18.2 Å². The fraction of sp³-hybridized carbons (Fsp3) is 0.0588. The number of benzene rings is 2. The summed E-state index contributed by atoms with van der Waals surface area (Å²) in [7, 11) is 0. The number of carbonyl (C=O) groups excluding carboxylic acids is 1. The number of nitrogen functional groups attached to an aromatic ring is 1. The van der Waals surface area contributed by atoms with Gasteiger partial charge in [0.1, 0.15) is 5.82 Å². The number of rotatable bonds is 2. The average molecular weight is 295 g/mol. The van der Waals surface area contributed by atoms with Gasteiger partial charge >= 0.3 is 0 Å². The molecule has 3 rings (SSSR count). The van der Waals surface area contributed by atoms with Gasteiger partial charge in [0, 0.05) is 16.8 Å². The maximum Gasteiger partial charge on any atom is 0.256 e. The van der Waals surface area contributed by atoms with Crippen molar-refractivity contribution in [3.8, 4) is 0 Å². The molecule has 0 aliphatic carbocycles. The van der Waals surface area contributed by atoms with Crippen molar-refractivity contribution in [1.82, 2.24) is 4.98 Å². The molecule has 0 unspecified atom stereocenters. The van der Waals surface area contributed by atoms with Gasteiger partial charge in [-0.2, -0.15) is 0 Å². The highest BCUT2D eigenvalue weighted by atomic mass is 19.1. The Morgan fingerprint density at radius 1 is 1.18 bits per heavy atom. The second-order valence-corrected chi connectivity index (χ2v) is 5.02. The van der Waals surface area contributed by atoms with Gasteiger partial charge in [-0.3, -0.25) is 9.78 Å². The summed E-state index contributed by atoms with van der Waals surface area (Å²) >= 11 is 0. The molecule has 0 atom stereocenters. The standard InChI is InChI=1S/C17H14FN3O/c1-10-8-13(12-4-2-3-5-15(12)20-10)17(22)21-16-9-11(19)6-7-14(16)18/h2-9H,19H2,1H3,(H,21,22). The summed E-state index contributed by atoms with van der Waals surface area (Å²) in [5.41, 5.74) is 7.96. The van der Waals surface area contributed by atoms with Gasteiger partial charge < -0.3 is 11.1 Å². The van der Waals surface area contributed by atoms with Crippen LogP contribution >= 0.6 is 0 Å². The lowest BCUT2D eigenvalue weighted by Gasteiger charge is -2.10. The fourth-order valence-electron chi connectivity index (χ4n) is 2.32. The molecule has 0 aliphatic rings. The van der Waals surface area contributed by atoms with Crippen molar-refractivity contribution < 1.29 is 9.18 Å². The van der Waals surface area contributed by atoms with Crippen LogP contribution in [0.25, 0.3) is 10.9 Å². The molecule has 1 amide bonds. The molecule has 0 fully saturated rings. The molecule has 22 heavy (non-hydrogen) atoms. The zero-order valence-electron chi connectivity index (χ0n) is 11.9. The number of nitrogens with one attached hydrogen (secondary N) is 1. The zero-order chi connectivity index (χ0) is 15.7. The molecule has 1 heterocycles. The molecule has 0 aliphatic heterocycles. The molecule has 2 aromatic carbocycles. The van der Waals surface area contributed by atoms with Gasteiger partial charge in [0.05, 0.1) is 16.8 Å². The maximum atomic E-state index is 13.8. The van der Waals surface area contributed by atoms with Crippen LogP contribution in [0.1, 0.15) is 16.1 Å². The number of carbonyl (C=O) groups is 1. The Labute approximate surface area is 126 Å². The van der Waals surface area contributed by atoms with Crippen LogP contribution in [0.5, 0.6) is 0 Å². The van der Waals surface area contributed by atoms with Gasteiger partial charge in [-0.05, 0) is 37.3 Å². The van der Waals surface area contributed by atoms with Crippen molar-refractivity contribution in [2.75, 3.05) is 11.1 Å². The Hall–Kier alpha value is -2.95. The Balaban J connectivity index is 2.04. The molecule has 0 spiro atoms. The van der Waals surface area contributed by atoms with E-state index in [-0.39, 0.29) is 5.69 Å². The number of amides is 1. The third kappa shape index (κ3) is 2.61. The van der Waals surface area contributed by atoms with Gasteiger partial charge in [0.25, 0.3) is 5.91 Å². The molecule has 1 aromatic heterocycles. The van der Waals surface area contributed by atoms with Crippen molar-refractivity contribution >= 4 is 28.2 Å². The van der Waals surface area contributed by atoms with Crippen LogP contribution in [0.4, 0.5) is 15.8 Å². The van der Waals surface area contributed by atoms with Crippen molar-refractivity contribution in [3.05, 3.63) is 65.6 Å². The third-order valence-electron chi connectivity index (χ3n) is 3.33. The van der Waals surface area contributed by atoms with Gasteiger partial charge in [0.15, 0.2) is 0 Å². The number of pyridine rings is 1. The Bertz CT molecular complexity index is 877. The van der Waals surface area contributed by atoms with E-state index in [0.717, 1.165) is 16.6 Å². The van der Waals surface area contributed by atoms with E-state index in [1.807, 2.05) is 31.2 Å². The minimum Gasteiger partial charge on any atom is -0.399 e. The number of nitrogens with zero attached hydrogens (tertiary/aromatic N) is 1. The van der Waals surface area contributed by atoms with Gasteiger partial charge in [0.2, 0.25) is 0 Å². The number of hydrogen-bond donors (Lipinski definition) is 2. The van der Waals surface area contributed by atoms with Crippen LogP contribution in [0.3, 0.4) is 0 Å². The number of aromatic nitrogens is 1. The molecule has 0 saturated carbocycles. The predicted molar refractivity (Wildman–Crippen MR) is 85.2 cm³/mol. The van der Waals surface area contributed by atoms with Crippen molar-refractivity contribution in [3.63, 3.8) is 0 Å².